The largest absolute Gasteiger partial charge is 0.494 e. The predicted octanol–water partition coefficient (Wildman–Crippen LogP) is 11.0. The number of hydrogen-bond donors (Lipinski definition) is 4. The topological polar surface area (TPSA) is 100 Å². The zero-order chi connectivity index (χ0) is 46.7. The zero-order valence-electron chi connectivity index (χ0n) is 40.0. The molecular weight excluding hydrogens is 841 g/mol. The molecule has 68 heavy (non-hydrogen) atoms. The standard InChI is InChI=1S/C60H64N4O4/c1-5-9-37-65-45-21-13-41(14-22-45)57-49-29-31-51(61-49)58(42-15-23-46(24-16-42)66-38-10-6-2)53-33-35-55(63-53)60(44-19-27-48(28-20-44)68-40-12-8-4)56-36-34-54(64-56)59(52-32-30-50(57)62-52)43-17-25-47(26-18-43)67-39-11-7-3/h13-36,61-64H,5-12,37-40H2,1-4H3. The molecule has 0 spiro atoms. The number of aromatic nitrogens is 4. The summed E-state index contributed by atoms with van der Waals surface area (Å²) in [6.07, 6.45) is 8.41. The molecule has 8 aromatic rings. The lowest BCUT2D eigenvalue weighted by atomic mass is 10.0. The van der Waals surface area contributed by atoms with E-state index < -0.39 is 0 Å². The Balaban J connectivity index is 1.28. The maximum absolute atomic E-state index is 6.13. The highest BCUT2D eigenvalue weighted by Gasteiger charge is 2.19. The highest BCUT2D eigenvalue weighted by molar-refractivity contribution is 5.85. The fourth-order valence-electron chi connectivity index (χ4n) is 8.78. The van der Waals surface area contributed by atoms with Crippen LogP contribution < -0.4 is 40.3 Å². The Kier molecular flexibility index (Phi) is 14.8. The van der Waals surface area contributed by atoms with Crippen LogP contribution in [0.15, 0.2) is 146 Å². The van der Waals surface area contributed by atoms with E-state index >= 15 is 0 Å². The van der Waals surface area contributed by atoms with Crippen LogP contribution in [0.1, 0.15) is 124 Å². The van der Waals surface area contributed by atoms with Gasteiger partial charge < -0.3 is 38.9 Å². The number of unbranched alkanes of at least 4 members (excludes halogenated alkanes) is 4. The number of fused-ring (bicyclic) bond motifs is 8. The molecule has 348 valence electrons. The minimum Gasteiger partial charge on any atom is -0.494 e. The fourth-order valence-corrected chi connectivity index (χ4v) is 8.78. The van der Waals surface area contributed by atoms with Gasteiger partial charge in [-0.3, -0.25) is 0 Å². The molecule has 0 saturated heterocycles. The summed E-state index contributed by atoms with van der Waals surface area (Å²) in [5, 5.41) is 3.92. The SMILES string of the molecule is CCCCOc1ccc(C2=c3ccc([nH]3)=C(c3ccc(OCCCC)cc3)c3ccc([nH]3)C(c3ccc(OCCCC)cc3)=c3ccc([nH]3)=C(c3ccc(OCCCC)cc3)c3ccc2[nH]3)cc1. The van der Waals surface area contributed by atoms with Crippen LogP contribution in [0.5, 0.6) is 23.0 Å². The van der Waals surface area contributed by atoms with Crippen molar-refractivity contribution in [3.63, 3.8) is 0 Å². The maximum atomic E-state index is 6.13. The fraction of sp³-hybridized carbons (Fsp3) is 0.267. The molecule has 0 aliphatic carbocycles. The Hall–Kier alpha value is -7.32. The summed E-state index contributed by atoms with van der Waals surface area (Å²) in [5.74, 6) is 3.46. The van der Waals surface area contributed by atoms with Crippen molar-refractivity contribution in [2.24, 2.45) is 0 Å². The number of H-pyrrole nitrogens is 4. The molecule has 8 nitrogen and oxygen atoms in total. The molecule has 5 heterocycles. The van der Waals surface area contributed by atoms with Crippen molar-refractivity contribution < 1.29 is 18.9 Å². The average molecular weight is 905 g/mol. The van der Waals surface area contributed by atoms with Crippen LogP contribution in [-0.4, -0.2) is 46.4 Å². The van der Waals surface area contributed by atoms with E-state index in [2.05, 4.69) is 193 Å². The third-order valence-electron chi connectivity index (χ3n) is 12.5. The van der Waals surface area contributed by atoms with Gasteiger partial charge in [0.05, 0.1) is 26.4 Å². The van der Waals surface area contributed by atoms with Crippen LogP contribution in [0, 0.1) is 0 Å². The summed E-state index contributed by atoms with van der Waals surface area (Å²) in [4.78, 5) is 15.7. The number of rotatable bonds is 20. The summed E-state index contributed by atoms with van der Waals surface area (Å²) < 4.78 is 24.5. The Morgan fingerprint density at radius 1 is 0.265 bits per heavy atom. The molecule has 0 unspecified atom stereocenters. The molecule has 4 N–H and O–H groups in total. The first kappa shape index (κ1) is 45.8. The minimum atomic E-state index is 0.696. The highest BCUT2D eigenvalue weighted by atomic mass is 16.5. The van der Waals surface area contributed by atoms with Gasteiger partial charge in [-0.1, -0.05) is 102 Å². The minimum absolute atomic E-state index is 0.696. The third-order valence-corrected chi connectivity index (χ3v) is 12.5. The molecule has 0 amide bonds. The van der Waals surface area contributed by atoms with E-state index in [0.29, 0.717) is 26.4 Å². The van der Waals surface area contributed by atoms with E-state index in [1.165, 1.54) is 0 Å². The van der Waals surface area contributed by atoms with Crippen LogP contribution in [0.25, 0.3) is 22.3 Å². The van der Waals surface area contributed by atoms with E-state index in [-0.39, 0.29) is 0 Å². The van der Waals surface area contributed by atoms with Crippen molar-refractivity contribution in [1.29, 1.82) is 0 Å². The number of hydrogen-bond acceptors (Lipinski definition) is 4. The lowest BCUT2D eigenvalue weighted by molar-refractivity contribution is 0.309. The normalized spacial score (nSPS) is 12.4. The summed E-state index contributed by atoms with van der Waals surface area (Å²) in [6.45, 7) is 11.5. The molecule has 4 aromatic heterocycles. The summed E-state index contributed by atoms with van der Waals surface area (Å²) in [7, 11) is 0. The van der Waals surface area contributed by atoms with Gasteiger partial charge >= 0.3 is 0 Å². The number of aromatic amines is 4. The molecule has 0 fully saturated rings. The molecule has 1 aliphatic heterocycles. The Morgan fingerprint density at radius 2 is 0.485 bits per heavy atom. The van der Waals surface area contributed by atoms with Gasteiger partial charge in [0.15, 0.2) is 0 Å². The van der Waals surface area contributed by atoms with Crippen LogP contribution in [0.4, 0.5) is 0 Å². The van der Waals surface area contributed by atoms with E-state index in [0.717, 1.165) is 163 Å². The zero-order valence-corrected chi connectivity index (χ0v) is 40.0. The van der Waals surface area contributed by atoms with Gasteiger partial charge in [0.1, 0.15) is 23.0 Å². The number of nitrogens with one attached hydrogen (secondary N) is 4. The van der Waals surface area contributed by atoms with E-state index in [9.17, 15) is 0 Å². The van der Waals surface area contributed by atoms with Crippen molar-refractivity contribution >= 4 is 22.3 Å². The molecule has 0 saturated carbocycles. The molecule has 8 bridgehead atoms. The Bertz CT molecular complexity index is 2730. The first-order chi connectivity index (χ1) is 33.5. The van der Waals surface area contributed by atoms with Crippen molar-refractivity contribution in [1.82, 2.24) is 19.9 Å². The molecular formula is C60H64N4O4. The lowest BCUT2D eigenvalue weighted by Crippen LogP contribution is -2.19. The number of benzene rings is 4. The van der Waals surface area contributed by atoms with Crippen LogP contribution in [0.3, 0.4) is 0 Å². The average Bonchev–Trinajstić information content (AvgIpc) is 4.23. The number of ether oxygens (including phenoxy) is 4. The van der Waals surface area contributed by atoms with Gasteiger partial charge in [-0.25, -0.2) is 0 Å². The van der Waals surface area contributed by atoms with Gasteiger partial charge in [-0.2, -0.15) is 0 Å². The summed E-state index contributed by atoms with van der Waals surface area (Å²) >= 11 is 0. The molecule has 0 atom stereocenters. The third kappa shape index (κ3) is 10.5. The van der Waals surface area contributed by atoms with E-state index in [4.69, 9.17) is 18.9 Å². The summed E-state index contributed by atoms with van der Waals surface area (Å²) in [5.41, 5.74) is 12.4. The van der Waals surface area contributed by atoms with Gasteiger partial charge in [0, 0.05) is 66.5 Å². The Morgan fingerprint density at radius 3 is 0.691 bits per heavy atom. The molecule has 8 heteroatoms. The van der Waals surface area contributed by atoms with Crippen LogP contribution in [-0.2, 0) is 0 Å². The lowest BCUT2D eigenvalue weighted by Gasteiger charge is -2.12. The quantitative estimate of drug-likeness (QED) is 0.0573. The second-order valence-electron chi connectivity index (χ2n) is 17.5. The van der Waals surface area contributed by atoms with E-state index in [1.807, 2.05) is 0 Å². The molecule has 0 radical (unpaired) electrons. The predicted molar refractivity (Wildman–Crippen MR) is 275 cm³/mol. The monoisotopic (exact) mass is 904 g/mol. The molecule has 4 aromatic carbocycles. The van der Waals surface area contributed by atoms with Gasteiger partial charge in [0.25, 0.3) is 0 Å². The molecule has 9 rings (SSSR count). The smallest absolute Gasteiger partial charge is 0.119 e. The second kappa shape index (κ2) is 22.0. The van der Waals surface area contributed by atoms with Gasteiger partial charge in [-0.05, 0) is 145 Å². The first-order valence-electron chi connectivity index (χ1n) is 24.7. The highest BCUT2D eigenvalue weighted by Crippen LogP contribution is 2.30. The second-order valence-corrected chi connectivity index (χ2v) is 17.5. The first-order valence-corrected chi connectivity index (χ1v) is 24.7. The van der Waals surface area contributed by atoms with Gasteiger partial charge in [-0.15, -0.1) is 0 Å². The summed E-state index contributed by atoms with van der Waals surface area (Å²) in [6, 6.07) is 51.5. The van der Waals surface area contributed by atoms with Crippen molar-refractivity contribution in [2.45, 2.75) is 79.1 Å². The van der Waals surface area contributed by atoms with Crippen molar-refractivity contribution in [2.75, 3.05) is 26.4 Å². The van der Waals surface area contributed by atoms with Crippen molar-refractivity contribution in [3.05, 3.63) is 212 Å². The van der Waals surface area contributed by atoms with E-state index in [1.54, 1.807) is 0 Å². The maximum Gasteiger partial charge on any atom is 0.119 e. The van der Waals surface area contributed by atoms with Crippen LogP contribution in [0.2, 0.25) is 0 Å². The van der Waals surface area contributed by atoms with Crippen LogP contribution >= 0.6 is 0 Å². The van der Waals surface area contributed by atoms with Gasteiger partial charge in [0.2, 0.25) is 0 Å². The van der Waals surface area contributed by atoms with Crippen molar-refractivity contribution in [3.8, 4) is 23.0 Å². The Labute approximate surface area is 400 Å². The molecule has 1 aliphatic rings.